The van der Waals surface area contributed by atoms with Gasteiger partial charge >= 0.3 is 5.97 Å². The lowest BCUT2D eigenvalue weighted by atomic mass is 10.0. The molecule has 0 unspecified atom stereocenters. The van der Waals surface area contributed by atoms with E-state index in [2.05, 4.69) is 12.1 Å². The molecule has 22 heavy (non-hydrogen) atoms. The Morgan fingerprint density at radius 3 is 2.45 bits per heavy atom. The number of ether oxygens (including phenoxy) is 1. The van der Waals surface area contributed by atoms with Crippen LogP contribution in [0.3, 0.4) is 0 Å². The van der Waals surface area contributed by atoms with E-state index in [0.717, 1.165) is 17.5 Å². The molecule has 2 aliphatic rings. The maximum absolute atomic E-state index is 12.3. The highest BCUT2D eigenvalue weighted by Gasteiger charge is 2.53. The number of benzene rings is 2. The lowest BCUT2D eigenvalue weighted by Crippen LogP contribution is -2.35. The third kappa shape index (κ3) is 1.91. The monoisotopic (exact) mass is 293 g/mol. The van der Waals surface area contributed by atoms with Crippen molar-refractivity contribution in [2.45, 2.75) is 24.9 Å². The molecule has 0 aliphatic heterocycles. The zero-order valence-electron chi connectivity index (χ0n) is 12.0. The topological polar surface area (TPSA) is 69.4 Å². The maximum Gasteiger partial charge on any atom is 0.339 e. The van der Waals surface area contributed by atoms with Crippen molar-refractivity contribution in [2.75, 3.05) is 0 Å². The van der Waals surface area contributed by atoms with Gasteiger partial charge < -0.3 is 10.5 Å². The molecule has 0 bridgehead atoms. The largest absolute Gasteiger partial charge is 0.445 e. The second-order valence-electron chi connectivity index (χ2n) is 5.95. The lowest BCUT2D eigenvalue weighted by Gasteiger charge is -2.13. The van der Waals surface area contributed by atoms with Gasteiger partial charge in [-0.1, -0.05) is 30.3 Å². The van der Waals surface area contributed by atoms with E-state index >= 15 is 0 Å². The summed E-state index contributed by atoms with van der Waals surface area (Å²) in [6.07, 6.45) is 1.91. The van der Waals surface area contributed by atoms with Crippen LogP contribution < -0.4 is 5.73 Å². The fraction of sp³-hybridized carbons (Fsp3) is 0.222. The smallest absolute Gasteiger partial charge is 0.339 e. The zero-order chi connectivity index (χ0) is 15.3. The first-order valence-electron chi connectivity index (χ1n) is 7.33. The van der Waals surface area contributed by atoms with E-state index in [9.17, 15) is 9.59 Å². The van der Waals surface area contributed by atoms with E-state index in [1.54, 1.807) is 6.07 Å². The van der Waals surface area contributed by atoms with Crippen LogP contribution in [0.2, 0.25) is 0 Å². The lowest BCUT2D eigenvalue weighted by molar-refractivity contribution is -0.128. The highest BCUT2D eigenvalue weighted by Crippen LogP contribution is 2.41. The first-order valence-corrected chi connectivity index (χ1v) is 7.33. The second-order valence-corrected chi connectivity index (χ2v) is 5.95. The minimum atomic E-state index is -1.08. The number of hydrogen-bond donors (Lipinski definition) is 1. The number of amides is 1. The van der Waals surface area contributed by atoms with Crippen LogP contribution in [0.5, 0.6) is 0 Å². The Labute approximate surface area is 127 Å². The standard InChI is InChI=1S/C18H15NO3/c19-17(21)18(7-8-18)22-16(20)13-6-5-12-9-11-3-1-2-4-14(11)15(12)10-13/h1-6,10H,7-9H2,(H2,19,21). The van der Waals surface area contributed by atoms with Crippen molar-refractivity contribution in [3.8, 4) is 11.1 Å². The Bertz CT molecular complexity index is 806. The first-order chi connectivity index (χ1) is 10.6. The molecule has 1 fully saturated rings. The van der Waals surface area contributed by atoms with Gasteiger partial charge in [0.25, 0.3) is 5.91 Å². The second kappa shape index (κ2) is 4.44. The van der Waals surface area contributed by atoms with E-state index in [0.29, 0.717) is 18.4 Å². The predicted octanol–water partition coefficient (Wildman–Crippen LogP) is 2.43. The van der Waals surface area contributed by atoms with Crippen LogP contribution >= 0.6 is 0 Å². The molecule has 2 aromatic carbocycles. The van der Waals surface area contributed by atoms with Crippen molar-refractivity contribution in [3.63, 3.8) is 0 Å². The van der Waals surface area contributed by atoms with Gasteiger partial charge in [-0.05, 0) is 40.8 Å². The SMILES string of the molecule is NC(=O)C1(OC(=O)c2ccc3c(c2)-c2ccccc2C3)CC1. The third-order valence-electron chi connectivity index (χ3n) is 4.48. The fourth-order valence-corrected chi connectivity index (χ4v) is 3.00. The number of rotatable bonds is 3. The molecule has 4 nitrogen and oxygen atoms in total. The number of esters is 1. The van der Waals surface area contributed by atoms with Gasteiger partial charge in [0.1, 0.15) is 0 Å². The van der Waals surface area contributed by atoms with E-state index in [4.69, 9.17) is 10.5 Å². The van der Waals surface area contributed by atoms with E-state index in [-0.39, 0.29) is 0 Å². The normalized spacial score (nSPS) is 16.5. The molecule has 0 atom stereocenters. The summed E-state index contributed by atoms with van der Waals surface area (Å²) in [5.74, 6) is -1.05. The summed E-state index contributed by atoms with van der Waals surface area (Å²) < 4.78 is 5.33. The van der Waals surface area contributed by atoms with Gasteiger partial charge in [0, 0.05) is 12.8 Å². The average molecular weight is 293 g/mol. The van der Waals surface area contributed by atoms with Crippen LogP contribution in [-0.4, -0.2) is 17.5 Å². The van der Waals surface area contributed by atoms with Gasteiger partial charge in [0.2, 0.25) is 0 Å². The van der Waals surface area contributed by atoms with Gasteiger partial charge in [-0.3, -0.25) is 4.79 Å². The minimum absolute atomic E-state index is 0.461. The Hall–Kier alpha value is -2.62. The molecule has 1 saturated carbocycles. The summed E-state index contributed by atoms with van der Waals surface area (Å²) in [5, 5.41) is 0. The van der Waals surface area contributed by atoms with Gasteiger partial charge in [-0.2, -0.15) is 0 Å². The van der Waals surface area contributed by atoms with E-state index in [1.165, 1.54) is 11.1 Å². The fourth-order valence-electron chi connectivity index (χ4n) is 3.00. The molecule has 0 aromatic heterocycles. The summed E-state index contributed by atoms with van der Waals surface area (Å²) in [5.41, 5.74) is 9.37. The molecular formula is C18H15NO3. The average Bonchev–Trinajstić information content (AvgIpc) is 3.20. The highest BCUT2D eigenvalue weighted by atomic mass is 16.6. The van der Waals surface area contributed by atoms with Crippen molar-refractivity contribution in [3.05, 3.63) is 59.2 Å². The molecule has 0 radical (unpaired) electrons. The first kappa shape index (κ1) is 13.1. The maximum atomic E-state index is 12.3. The Morgan fingerprint density at radius 2 is 1.73 bits per heavy atom. The summed E-state index contributed by atoms with van der Waals surface area (Å²) >= 11 is 0. The van der Waals surface area contributed by atoms with Gasteiger partial charge in [-0.15, -0.1) is 0 Å². The number of hydrogen-bond acceptors (Lipinski definition) is 3. The number of fused-ring (bicyclic) bond motifs is 3. The molecule has 4 heteroatoms. The summed E-state index contributed by atoms with van der Waals surface area (Å²) in [4.78, 5) is 23.6. The molecule has 110 valence electrons. The Balaban J connectivity index is 1.66. The summed E-state index contributed by atoms with van der Waals surface area (Å²) in [6, 6.07) is 13.7. The molecule has 0 spiro atoms. The molecule has 1 amide bonds. The van der Waals surface area contributed by atoms with Crippen LogP contribution in [0.4, 0.5) is 0 Å². The number of carbonyl (C=O) groups excluding carboxylic acids is 2. The quantitative estimate of drug-likeness (QED) is 0.754. The third-order valence-corrected chi connectivity index (χ3v) is 4.48. The number of primary amides is 1. The Kier molecular flexibility index (Phi) is 2.64. The van der Waals surface area contributed by atoms with Crippen molar-refractivity contribution in [1.29, 1.82) is 0 Å². The molecule has 0 saturated heterocycles. The van der Waals surface area contributed by atoms with Crippen LogP contribution in [-0.2, 0) is 16.0 Å². The number of carbonyl (C=O) groups is 2. The van der Waals surface area contributed by atoms with Crippen LogP contribution in [0, 0.1) is 0 Å². The van der Waals surface area contributed by atoms with Crippen LogP contribution in [0.25, 0.3) is 11.1 Å². The molecule has 2 aromatic rings. The van der Waals surface area contributed by atoms with Crippen molar-refractivity contribution in [2.24, 2.45) is 5.73 Å². The van der Waals surface area contributed by atoms with E-state index < -0.39 is 17.5 Å². The molecular weight excluding hydrogens is 278 g/mol. The summed E-state index contributed by atoms with van der Waals surface area (Å²) in [6.45, 7) is 0. The van der Waals surface area contributed by atoms with Gasteiger partial charge in [0.05, 0.1) is 5.56 Å². The van der Waals surface area contributed by atoms with Crippen molar-refractivity contribution in [1.82, 2.24) is 0 Å². The zero-order valence-corrected chi connectivity index (χ0v) is 12.0. The van der Waals surface area contributed by atoms with Gasteiger partial charge in [0.15, 0.2) is 5.60 Å². The van der Waals surface area contributed by atoms with Gasteiger partial charge in [-0.25, -0.2) is 4.79 Å². The Morgan fingerprint density at radius 1 is 1.00 bits per heavy atom. The number of nitrogens with two attached hydrogens (primary N) is 1. The highest BCUT2D eigenvalue weighted by molar-refractivity contribution is 5.96. The van der Waals surface area contributed by atoms with E-state index in [1.807, 2.05) is 24.3 Å². The van der Waals surface area contributed by atoms with Crippen molar-refractivity contribution < 1.29 is 14.3 Å². The molecule has 2 aliphatic carbocycles. The van der Waals surface area contributed by atoms with Crippen LogP contribution in [0.15, 0.2) is 42.5 Å². The minimum Gasteiger partial charge on any atom is -0.445 e. The molecule has 4 rings (SSSR count). The predicted molar refractivity (Wildman–Crippen MR) is 81.3 cm³/mol. The summed E-state index contributed by atoms with van der Waals surface area (Å²) in [7, 11) is 0. The molecule has 2 N–H and O–H groups in total. The van der Waals surface area contributed by atoms with Crippen LogP contribution in [0.1, 0.15) is 34.3 Å². The van der Waals surface area contributed by atoms with Crippen molar-refractivity contribution >= 4 is 11.9 Å². The molecule has 0 heterocycles.